The molecule has 0 amide bonds. The quantitative estimate of drug-likeness (QED) is 0.557. The van der Waals surface area contributed by atoms with Crippen molar-refractivity contribution in [2.24, 2.45) is 0 Å². The molecule has 3 rings (SSSR count). The summed E-state index contributed by atoms with van der Waals surface area (Å²) in [5.41, 5.74) is 1.08. The van der Waals surface area contributed by atoms with Crippen LogP contribution < -0.4 is 10.9 Å². The number of aromatic nitrogens is 3. The van der Waals surface area contributed by atoms with E-state index in [1.165, 1.54) is 29.0 Å². The molecule has 0 saturated carbocycles. The Morgan fingerprint density at radius 1 is 1.21 bits per heavy atom. The lowest BCUT2D eigenvalue weighted by Gasteiger charge is -2.19. The standard InChI is InChI=1S/C19H18ClFN4O3/c20-14-7-13(8-15(21)10-14)17(11-27)25-5-2-12(9-18(25)28)16-1-3-22-19(24-16)23-4-6-26/h1-3,5,7-10,17,26-27H,4,6,11H2,(H,22,23,24). The van der Waals surface area contributed by atoms with Crippen LogP contribution >= 0.6 is 11.6 Å². The van der Waals surface area contributed by atoms with E-state index < -0.39 is 18.5 Å². The molecule has 1 unspecified atom stereocenters. The van der Waals surface area contributed by atoms with Gasteiger partial charge in [-0.05, 0) is 35.9 Å². The van der Waals surface area contributed by atoms with Crippen LogP contribution in [0.3, 0.4) is 0 Å². The van der Waals surface area contributed by atoms with Gasteiger partial charge >= 0.3 is 0 Å². The highest BCUT2D eigenvalue weighted by Crippen LogP contribution is 2.23. The van der Waals surface area contributed by atoms with E-state index in [0.29, 0.717) is 29.3 Å². The molecule has 3 N–H and O–H groups in total. The van der Waals surface area contributed by atoms with Gasteiger partial charge in [-0.1, -0.05) is 11.6 Å². The average Bonchev–Trinajstić information content (AvgIpc) is 2.67. The van der Waals surface area contributed by atoms with E-state index in [0.717, 1.165) is 6.07 Å². The predicted octanol–water partition coefficient (Wildman–Crippen LogP) is 2.08. The van der Waals surface area contributed by atoms with E-state index in [1.807, 2.05) is 0 Å². The summed E-state index contributed by atoms with van der Waals surface area (Å²) in [4.78, 5) is 21.0. The summed E-state index contributed by atoms with van der Waals surface area (Å²) >= 11 is 5.89. The number of nitrogens with one attached hydrogen (secondary N) is 1. The van der Waals surface area contributed by atoms with Gasteiger partial charge in [0.25, 0.3) is 5.56 Å². The number of hydrogen-bond donors (Lipinski definition) is 3. The maximum atomic E-state index is 13.7. The maximum Gasteiger partial charge on any atom is 0.251 e. The average molecular weight is 405 g/mol. The highest BCUT2D eigenvalue weighted by atomic mass is 35.5. The smallest absolute Gasteiger partial charge is 0.251 e. The van der Waals surface area contributed by atoms with Gasteiger partial charge in [0.1, 0.15) is 5.82 Å². The highest BCUT2D eigenvalue weighted by molar-refractivity contribution is 6.30. The van der Waals surface area contributed by atoms with Crippen LogP contribution in [0.4, 0.5) is 10.3 Å². The fraction of sp³-hybridized carbons (Fsp3) is 0.211. The Kier molecular flexibility index (Phi) is 6.35. The number of benzene rings is 1. The number of anilines is 1. The fourth-order valence-corrected chi connectivity index (χ4v) is 3.03. The largest absolute Gasteiger partial charge is 0.395 e. The number of pyridine rings is 1. The third-order valence-electron chi connectivity index (χ3n) is 4.07. The first kappa shape index (κ1) is 19.9. The SMILES string of the molecule is O=c1cc(-c2ccnc(NCCO)n2)ccn1C(CO)c1cc(F)cc(Cl)c1. The molecule has 0 saturated heterocycles. The molecular formula is C19H18ClFN4O3. The molecule has 9 heteroatoms. The minimum absolute atomic E-state index is 0.0592. The van der Waals surface area contributed by atoms with Gasteiger partial charge in [0.15, 0.2) is 0 Å². The first-order valence-electron chi connectivity index (χ1n) is 8.49. The van der Waals surface area contributed by atoms with Crippen LogP contribution in [0.5, 0.6) is 0 Å². The molecule has 146 valence electrons. The third kappa shape index (κ3) is 4.53. The fourth-order valence-electron chi connectivity index (χ4n) is 2.80. The maximum absolute atomic E-state index is 13.7. The molecule has 2 heterocycles. The second kappa shape index (κ2) is 8.92. The van der Waals surface area contributed by atoms with E-state index in [-0.39, 0.29) is 17.2 Å². The van der Waals surface area contributed by atoms with E-state index in [2.05, 4.69) is 15.3 Å². The molecule has 2 aromatic heterocycles. The van der Waals surface area contributed by atoms with Crippen molar-refractivity contribution in [3.63, 3.8) is 0 Å². The van der Waals surface area contributed by atoms with Gasteiger partial charge in [-0.2, -0.15) is 0 Å². The molecule has 28 heavy (non-hydrogen) atoms. The van der Waals surface area contributed by atoms with Gasteiger partial charge in [0, 0.05) is 35.6 Å². The van der Waals surface area contributed by atoms with Crippen molar-refractivity contribution in [3.8, 4) is 11.3 Å². The summed E-state index contributed by atoms with van der Waals surface area (Å²) < 4.78 is 15.0. The lowest BCUT2D eigenvalue weighted by Crippen LogP contribution is -2.27. The number of nitrogens with zero attached hydrogens (tertiary/aromatic N) is 3. The Labute approximate surface area is 165 Å². The van der Waals surface area contributed by atoms with Crippen LogP contribution in [-0.4, -0.2) is 44.5 Å². The Bertz CT molecular complexity index is 1010. The van der Waals surface area contributed by atoms with E-state index in [1.54, 1.807) is 18.3 Å². The molecule has 1 aromatic carbocycles. The highest BCUT2D eigenvalue weighted by Gasteiger charge is 2.16. The molecule has 7 nitrogen and oxygen atoms in total. The molecule has 1 atom stereocenters. The summed E-state index contributed by atoms with van der Waals surface area (Å²) in [5.74, 6) is -0.215. The summed E-state index contributed by atoms with van der Waals surface area (Å²) in [6.45, 7) is -0.155. The lowest BCUT2D eigenvalue weighted by molar-refractivity contribution is 0.247. The Balaban J connectivity index is 1.94. The monoisotopic (exact) mass is 404 g/mol. The first-order chi connectivity index (χ1) is 13.5. The van der Waals surface area contributed by atoms with E-state index in [4.69, 9.17) is 16.7 Å². The van der Waals surface area contributed by atoms with Crippen molar-refractivity contribution in [1.29, 1.82) is 0 Å². The van der Waals surface area contributed by atoms with Gasteiger partial charge in [0.05, 0.1) is 24.9 Å². The molecule has 0 spiro atoms. The lowest BCUT2D eigenvalue weighted by atomic mass is 10.1. The van der Waals surface area contributed by atoms with Crippen molar-refractivity contribution in [3.05, 3.63) is 75.5 Å². The summed E-state index contributed by atoms with van der Waals surface area (Å²) in [6.07, 6.45) is 3.05. The molecule has 3 aromatic rings. The van der Waals surface area contributed by atoms with Crippen LogP contribution in [-0.2, 0) is 0 Å². The number of rotatable bonds is 7. The summed E-state index contributed by atoms with van der Waals surface area (Å²) in [7, 11) is 0. The van der Waals surface area contributed by atoms with Crippen LogP contribution in [0, 0.1) is 5.82 Å². The predicted molar refractivity (Wildman–Crippen MR) is 104 cm³/mol. The van der Waals surface area contributed by atoms with Crippen molar-refractivity contribution in [2.45, 2.75) is 6.04 Å². The van der Waals surface area contributed by atoms with Gasteiger partial charge in [-0.3, -0.25) is 4.79 Å². The van der Waals surface area contributed by atoms with E-state index >= 15 is 0 Å². The Morgan fingerprint density at radius 3 is 2.71 bits per heavy atom. The van der Waals surface area contributed by atoms with Crippen LogP contribution in [0.25, 0.3) is 11.3 Å². The molecule has 0 bridgehead atoms. The van der Waals surface area contributed by atoms with Gasteiger partial charge in [-0.25, -0.2) is 14.4 Å². The van der Waals surface area contributed by atoms with Crippen molar-refractivity contribution in [1.82, 2.24) is 14.5 Å². The number of aliphatic hydroxyl groups is 2. The van der Waals surface area contributed by atoms with Crippen molar-refractivity contribution in [2.75, 3.05) is 25.1 Å². The Morgan fingerprint density at radius 2 is 2.04 bits per heavy atom. The minimum atomic E-state index is -0.776. The van der Waals surface area contributed by atoms with Crippen molar-refractivity contribution >= 4 is 17.5 Å². The topological polar surface area (TPSA) is 100 Å². The normalized spacial score (nSPS) is 12.0. The van der Waals surface area contributed by atoms with Gasteiger partial charge < -0.3 is 20.1 Å². The summed E-state index contributed by atoms with van der Waals surface area (Å²) in [5, 5.41) is 21.7. The minimum Gasteiger partial charge on any atom is -0.395 e. The molecule has 0 aliphatic carbocycles. The Hall–Kier alpha value is -2.81. The number of halogens is 2. The second-order valence-electron chi connectivity index (χ2n) is 5.98. The molecular weight excluding hydrogens is 387 g/mol. The third-order valence-corrected chi connectivity index (χ3v) is 4.29. The zero-order chi connectivity index (χ0) is 20.1. The molecule has 0 aliphatic heterocycles. The van der Waals surface area contributed by atoms with Crippen LogP contribution in [0.15, 0.2) is 53.6 Å². The number of aliphatic hydroxyl groups excluding tert-OH is 2. The molecule has 0 aliphatic rings. The first-order valence-corrected chi connectivity index (χ1v) is 8.87. The second-order valence-corrected chi connectivity index (χ2v) is 6.41. The summed E-state index contributed by atoms with van der Waals surface area (Å²) in [6, 6.07) is 7.82. The zero-order valence-corrected chi connectivity index (χ0v) is 15.5. The molecule has 0 fully saturated rings. The molecule has 0 radical (unpaired) electrons. The zero-order valence-electron chi connectivity index (χ0n) is 14.7. The van der Waals surface area contributed by atoms with Crippen LogP contribution in [0.2, 0.25) is 5.02 Å². The number of hydrogen-bond acceptors (Lipinski definition) is 6. The van der Waals surface area contributed by atoms with E-state index in [9.17, 15) is 14.3 Å². The van der Waals surface area contributed by atoms with Gasteiger partial charge in [-0.15, -0.1) is 0 Å². The van der Waals surface area contributed by atoms with Crippen molar-refractivity contribution < 1.29 is 14.6 Å². The van der Waals surface area contributed by atoms with Gasteiger partial charge in [0.2, 0.25) is 5.95 Å². The van der Waals surface area contributed by atoms with Crippen LogP contribution in [0.1, 0.15) is 11.6 Å².